The van der Waals surface area contributed by atoms with Crippen LogP contribution in [0.15, 0.2) is 97.5 Å². The first-order valence-corrected chi connectivity index (χ1v) is 20.8. The van der Waals surface area contributed by atoms with Crippen LogP contribution in [0.5, 0.6) is 11.5 Å². The first-order valence-electron chi connectivity index (χ1n) is 20.8. The largest absolute Gasteiger partial charge is 0.457 e. The molecule has 0 saturated heterocycles. The molecule has 5 nitrogen and oxygen atoms in total. The second-order valence-corrected chi connectivity index (χ2v) is 17.7. The van der Waals surface area contributed by atoms with E-state index in [4.69, 9.17) is 14.8 Å². The number of nitrogens with zero attached hydrogens (tertiary/aromatic N) is 4. The number of para-hydroxylation sites is 1. The lowest BCUT2D eigenvalue weighted by atomic mass is 9.73. The summed E-state index contributed by atoms with van der Waals surface area (Å²) in [7, 11) is 0. The molecule has 0 unspecified atom stereocenters. The average molecular weight is 745 g/mol. The standard InChI is InChI=1S/C51H60N4O/c1-31(2)23-43-44(24-32(3)4)49(34(7)8)51(50(35(9)10)45(43)25-33(5)6)37-29-53-54(30-37)38-15-14-16-39(27-38)56-40-19-20-42-41-17-12-13-18-46(41)55(47(42)28-40)48-26-36(11)21-22-52-48/h12-22,26-35H,23-25H2,1-11H3. The van der Waals surface area contributed by atoms with Crippen molar-refractivity contribution in [3.05, 3.63) is 131 Å². The van der Waals surface area contributed by atoms with E-state index >= 15 is 0 Å². The molecule has 0 atom stereocenters. The Hall–Kier alpha value is -5.16. The zero-order valence-electron chi connectivity index (χ0n) is 35.4. The van der Waals surface area contributed by atoms with Gasteiger partial charge in [0.1, 0.15) is 17.3 Å². The summed E-state index contributed by atoms with van der Waals surface area (Å²) < 4.78 is 10.9. The molecule has 0 radical (unpaired) electrons. The predicted octanol–water partition coefficient (Wildman–Crippen LogP) is 14.0. The third kappa shape index (κ3) is 7.78. The summed E-state index contributed by atoms with van der Waals surface area (Å²) in [6.45, 7) is 25.9. The average Bonchev–Trinajstić information content (AvgIpc) is 3.75. The summed E-state index contributed by atoms with van der Waals surface area (Å²) in [4.78, 5) is 4.76. The second kappa shape index (κ2) is 16.1. The van der Waals surface area contributed by atoms with Crippen LogP contribution in [0.4, 0.5) is 0 Å². The molecule has 7 rings (SSSR count). The molecule has 5 heteroatoms. The van der Waals surface area contributed by atoms with E-state index in [1.165, 1.54) is 38.6 Å². The molecule has 0 N–H and O–H groups in total. The summed E-state index contributed by atoms with van der Waals surface area (Å²) in [6, 6.07) is 27.3. The number of aryl methyl sites for hydroxylation is 1. The Morgan fingerprint density at radius 2 is 1.23 bits per heavy atom. The van der Waals surface area contributed by atoms with Crippen LogP contribution in [0.3, 0.4) is 0 Å². The zero-order chi connectivity index (χ0) is 39.8. The van der Waals surface area contributed by atoms with Gasteiger partial charge in [-0.05, 0) is 137 Å². The van der Waals surface area contributed by atoms with E-state index in [0.29, 0.717) is 29.6 Å². The molecular weight excluding hydrogens is 685 g/mol. The van der Waals surface area contributed by atoms with E-state index < -0.39 is 0 Å². The highest BCUT2D eigenvalue weighted by atomic mass is 16.5. The molecule has 56 heavy (non-hydrogen) atoms. The van der Waals surface area contributed by atoms with Crippen molar-refractivity contribution >= 4 is 21.8 Å². The van der Waals surface area contributed by atoms with Crippen molar-refractivity contribution < 1.29 is 4.74 Å². The lowest BCUT2D eigenvalue weighted by molar-refractivity contribution is 0.483. The number of ether oxygens (including phenoxy) is 1. The van der Waals surface area contributed by atoms with E-state index in [2.05, 4.69) is 160 Å². The van der Waals surface area contributed by atoms with E-state index in [1.807, 2.05) is 23.0 Å². The molecular formula is C51H60N4O. The molecule has 4 aromatic carbocycles. The van der Waals surface area contributed by atoms with Gasteiger partial charge in [-0.25, -0.2) is 9.67 Å². The molecule has 0 aliphatic heterocycles. The molecule has 0 saturated carbocycles. The number of aromatic nitrogens is 4. The third-order valence-electron chi connectivity index (χ3n) is 10.9. The summed E-state index contributed by atoms with van der Waals surface area (Å²) in [5.41, 5.74) is 14.7. The van der Waals surface area contributed by atoms with Crippen LogP contribution < -0.4 is 4.74 Å². The highest BCUT2D eigenvalue weighted by molar-refractivity contribution is 6.09. The van der Waals surface area contributed by atoms with Crippen molar-refractivity contribution in [3.63, 3.8) is 0 Å². The van der Waals surface area contributed by atoms with Crippen molar-refractivity contribution in [1.29, 1.82) is 0 Å². The molecule has 7 aromatic rings. The van der Waals surface area contributed by atoms with Gasteiger partial charge in [0.2, 0.25) is 0 Å². The molecule has 3 aromatic heterocycles. The minimum Gasteiger partial charge on any atom is -0.457 e. The van der Waals surface area contributed by atoms with Gasteiger partial charge >= 0.3 is 0 Å². The van der Waals surface area contributed by atoms with Crippen molar-refractivity contribution in [2.24, 2.45) is 17.8 Å². The van der Waals surface area contributed by atoms with Gasteiger partial charge < -0.3 is 4.74 Å². The normalized spacial score (nSPS) is 12.1. The molecule has 0 amide bonds. The fourth-order valence-electron chi connectivity index (χ4n) is 8.80. The highest BCUT2D eigenvalue weighted by Crippen LogP contribution is 2.45. The Bertz CT molecular complexity index is 2450. The summed E-state index contributed by atoms with van der Waals surface area (Å²) >= 11 is 0. The predicted molar refractivity (Wildman–Crippen MR) is 236 cm³/mol. The zero-order valence-corrected chi connectivity index (χ0v) is 35.4. The summed E-state index contributed by atoms with van der Waals surface area (Å²) in [5.74, 6) is 4.92. The summed E-state index contributed by atoms with van der Waals surface area (Å²) in [6.07, 6.45) is 9.51. The van der Waals surface area contributed by atoms with Crippen LogP contribution in [0, 0.1) is 24.7 Å². The van der Waals surface area contributed by atoms with Gasteiger partial charge in [0.05, 0.1) is 22.9 Å². The van der Waals surface area contributed by atoms with E-state index in [-0.39, 0.29) is 0 Å². The number of benzene rings is 4. The Labute approximate surface area is 334 Å². The van der Waals surface area contributed by atoms with E-state index in [0.717, 1.165) is 53.3 Å². The number of rotatable bonds is 13. The number of hydrogen-bond donors (Lipinski definition) is 0. The maximum absolute atomic E-state index is 6.63. The maximum Gasteiger partial charge on any atom is 0.137 e. The lowest BCUT2D eigenvalue weighted by Crippen LogP contribution is -2.17. The third-order valence-corrected chi connectivity index (χ3v) is 10.9. The van der Waals surface area contributed by atoms with Crippen molar-refractivity contribution in [1.82, 2.24) is 19.3 Å². The van der Waals surface area contributed by atoms with Crippen LogP contribution in [0.25, 0.3) is 44.4 Å². The first-order chi connectivity index (χ1) is 26.8. The molecule has 3 heterocycles. The van der Waals surface area contributed by atoms with Gasteiger partial charge in [0, 0.05) is 40.9 Å². The number of hydrogen-bond acceptors (Lipinski definition) is 3. The van der Waals surface area contributed by atoms with Crippen LogP contribution in [-0.2, 0) is 19.3 Å². The molecule has 0 bridgehead atoms. The van der Waals surface area contributed by atoms with Gasteiger partial charge in [0.25, 0.3) is 0 Å². The Morgan fingerprint density at radius 3 is 1.88 bits per heavy atom. The Morgan fingerprint density at radius 1 is 0.607 bits per heavy atom. The van der Waals surface area contributed by atoms with Crippen molar-refractivity contribution in [3.8, 4) is 34.1 Å². The molecule has 0 spiro atoms. The minimum absolute atomic E-state index is 0.382. The lowest BCUT2D eigenvalue weighted by Gasteiger charge is -2.32. The summed E-state index contributed by atoms with van der Waals surface area (Å²) in [5, 5.41) is 7.39. The van der Waals surface area contributed by atoms with Crippen LogP contribution in [-0.4, -0.2) is 19.3 Å². The number of pyridine rings is 1. The van der Waals surface area contributed by atoms with E-state index in [1.54, 1.807) is 16.7 Å². The topological polar surface area (TPSA) is 44.9 Å². The minimum atomic E-state index is 0.382. The highest BCUT2D eigenvalue weighted by Gasteiger charge is 2.29. The molecule has 290 valence electrons. The monoisotopic (exact) mass is 744 g/mol. The molecule has 0 aliphatic carbocycles. The van der Waals surface area contributed by atoms with Crippen molar-refractivity contribution in [2.75, 3.05) is 0 Å². The van der Waals surface area contributed by atoms with E-state index in [9.17, 15) is 0 Å². The van der Waals surface area contributed by atoms with Crippen LogP contribution >= 0.6 is 0 Å². The Balaban J connectivity index is 1.31. The van der Waals surface area contributed by atoms with Crippen molar-refractivity contribution in [2.45, 2.75) is 107 Å². The number of fused-ring (bicyclic) bond motifs is 3. The molecule has 0 aliphatic rings. The van der Waals surface area contributed by atoms with Crippen LogP contribution in [0.2, 0.25) is 0 Å². The van der Waals surface area contributed by atoms with Crippen LogP contribution in [0.1, 0.15) is 114 Å². The Kier molecular flexibility index (Phi) is 11.3. The smallest absolute Gasteiger partial charge is 0.137 e. The quantitative estimate of drug-likeness (QED) is 0.118. The SMILES string of the molecule is Cc1ccnc(-n2c3ccccc3c3ccc(Oc4cccc(-n5cc(-c6c(C(C)C)c(CC(C)C)c(CC(C)C)c(CC(C)C)c6C(C)C)cn5)c4)cc32)c1. The van der Waals surface area contributed by atoms with Gasteiger partial charge in [-0.1, -0.05) is 93.5 Å². The first kappa shape index (κ1) is 39.1. The van der Waals surface area contributed by atoms with Gasteiger partial charge in [0.15, 0.2) is 0 Å². The van der Waals surface area contributed by atoms with Gasteiger partial charge in [-0.3, -0.25) is 4.57 Å². The second-order valence-electron chi connectivity index (χ2n) is 17.7. The maximum atomic E-state index is 6.63. The van der Waals surface area contributed by atoms with Gasteiger partial charge in [-0.15, -0.1) is 0 Å². The van der Waals surface area contributed by atoms with Gasteiger partial charge in [-0.2, -0.15) is 5.10 Å². The fourth-order valence-corrected chi connectivity index (χ4v) is 8.80. The molecule has 0 fully saturated rings. The fraction of sp³-hybridized carbons (Fsp3) is 0.373.